The molecule has 0 atom stereocenters. The van der Waals surface area contributed by atoms with Crippen molar-refractivity contribution in [3.63, 3.8) is 0 Å². The Kier molecular flexibility index (Phi) is 5.58. The van der Waals surface area contributed by atoms with Crippen LogP contribution in [0.25, 0.3) is 10.8 Å². The molecule has 0 radical (unpaired) electrons. The van der Waals surface area contributed by atoms with E-state index in [9.17, 15) is 14.7 Å². The molecule has 1 aliphatic rings. The van der Waals surface area contributed by atoms with Crippen LogP contribution in [-0.2, 0) is 21.7 Å². The first-order valence-electron chi connectivity index (χ1n) is 10.1. The number of nitrogens with zero attached hydrogens (tertiary/aromatic N) is 2. The van der Waals surface area contributed by atoms with Crippen molar-refractivity contribution in [1.29, 1.82) is 0 Å². The lowest BCUT2D eigenvalue weighted by Gasteiger charge is -2.41. The number of amides is 1. The van der Waals surface area contributed by atoms with Gasteiger partial charge in [-0.3, -0.25) is 9.59 Å². The Hall–Kier alpha value is -2.25. The number of carbonyl (C=O) groups is 1. The van der Waals surface area contributed by atoms with E-state index in [0.29, 0.717) is 18.2 Å². The zero-order chi connectivity index (χ0) is 21.6. The second kappa shape index (κ2) is 7.54. The molecule has 1 aromatic heterocycles. The van der Waals surface area contributed by atoms with E-state index in [1.165, 1.54) is 4.68 Å². The summed E-state index contributed by atoms with van der Waals surface area (Å²) in [6, 6.07) is 5.58. The molecule has 1 heterocycles. The number of hydrogen-bond acceptors (Lipinski definition) is 5. The molecule has 1 aliphatic carbocycles. The summed E-state index contributed by atoms with van der Waals surface area (Å²) in [4.78, 5) is 25.4. The summed E-state index contributed by atoms with van der Waals surface area (Å²) < 4.78 is 6.81. The van der Waals surface area contributed by atoms with Crippen molar-refractivity contribution in [1.82, 2.24) is 15.1 Å². The van der Waals surface area contributed by atoms with Crippen LogP contribution in [0.15, 0.2) is 23.0 Å². The van der Waals surface area contributed by atoms with Crippen LogP contribution in [0.1, 0.15) is 64.6 Å². The fraction of sp³-hybridized carbons (Fsp3) is 0.591. The number of nitrogens with one attached hydrogen (secondary N) is 1. The van der Waals surface area contributed by atoms with Crippen LogP contribution in [-0.4, -0.2) is 39.5 Å². The molecule has 0 spiro atoms. The van der Waals surface area contributed by atoms with Gasteiger partial charge in [0.25, 0.3) is 5.56 Å². The van der Waals surface area contributed by atoms with E-state index in [1.807, 2.05) is 39.8 Å². The molecule has 0 unspecified atom stereocenters. The summed E-state index contributed by atoms with van der Waals surface area (Å²) in [5, 5.41) is 18.5. The average molecular weight is 402 g/mol. The number of hydrogen-bond donors (Lipinski definition) is 2. The molecule has 0 aliphatic heterocycles. The number of methoxy groups -OCH3 is 1. The van der Waals surface area contributed by atoms with Crippen LogP contribution in [0, 0.1) is 0 Å². The molecule has 1 amide bonds. The van der Waals surface area contributed by atoms with E-state index in [1.54, 1.807) is 20.1 Å². The van der Waals surface area contributed by atoms with E-state index in [0.717, 1.165) is 16.6 Å². The summed E-state index contributed by atoms with van der Waals surface area (Å²) in [6.07, 6.45) is 1.04. The minimum Gasteiger partial charge on any atom is -0.390 e. The monoisotopic (exact) mass is 401 g/mol. The fourth-order valence-electron chi connectivity index (χ4n) is 3.85. The third-order valence-electron chi connectivity index (χ3n) is 5.77. The molecule has 0 bridgehead atoms. The van der Waals surface area contributed by atoms with Crippen LogP contribution in [0.4, 0.5) is 0 Å². The van der Waals surface area contributed by atoms with Gasteiger partial charge in [0.1, 0.15) is 6.54 Å². The minimum absolute atomic E-state index is 0.0583. The smallest absolute Gasteiger partial charge is 0.275 e. The summed E-state index contributed by atoms with van der Waals surface area (Å²) in [5.74, 6) is -0.193. The van der Waals surface area contributed by atoms with Crippen molar-refractivity contribution in [3.05, 3.63) is 39.8 Å². The SMILES string of the molecule is COC(C)(C)c1ccc2c(=O)n(CC(=O)N[C@H]3C[C@@](C)(O)C3)nc(C(C)C)c2c1. The van der Waals surface area contributed by atoms with Crippen molar-refractivity contribution >= 4 is 16.7 Å². The van der Waals surface area contributed by atoms with Gasteiger partial charge in [0.05, 0.1) is 22.3 Å². The number of ether oxygens (including phenoxy) is 1. The maximum absolute atomic E-state index is 13.0. The Morgan fingerprint density at radius 1 is 1.38 bits per heavy atom. The first-order chi connectivity index (χ1) is 13.4. The van der Waals surface area contributed by atoms with Gasteiger partial charge in [-0.2, -0.15) is 5.10 Å². The summed E-state index contributed by atoms with van der Waals surface area (Å²) in [5.41, 5.74) is 0.244. The molecule has 1 fully saturated rings. The fourth-order valence-corrected chi connectivity index (χ4v) is 3.85. The highest BCUT2D eigenvalue weighted by Gasteiger charge is 2.39. The largest absolute Gasteiger partial charge is 0.390 e. The molecule has 2 aromatic rings. The second-order valence-electron chi connectivity index (χ2n) is 9.15. The van der Waals surface area contributed by atoms with E-state index >= 15 is 0 Å². The normalized spacial score (nSPS) is 22.0. The number of fused-ring (bicyclic) bond motifs is 1. The van der Waals surface area contributed by atoms with Crippen molar-refractivity contribution in [2.45, 2.75) is 77.2 Å². The lowest BCUT2D eigenvalue weighted by atomic mass is 9.77. The highest BCUT2D eigenvalue weighted by molar-refractivity contribution is 5.85. The number of carbonyl (C=O) groups excluding carboxylic acids is 1. The van der Waals surface area contributed by atoms with Crippen LogP contribution < -0.4 is 10.9 Å². The molecule has 0 saturated heterocycles. The standard InChI is InChI=1S/C22H31N3O4/c1-13(2)19-17-9-14(21(3,4)29-6)7-8-16(17)20(27)25(24-19)12-18(26)23-15-10-22(5,28)11-15/h7-9,13,15,28H,10-12H2,1-6H3,(H,23,26)/t15-,22+. The third kappa shape index (κ3) is 4.36. The van der Waals surface area contributed by atoms with E-state index in [-0.39, 0.29) is 30.0 Å². The Balaban J connectivity index is 1.95. The van der Waals surface area contributed by atoms with Crippen molar-refractivity contribution in [2.75, 3.05) is 7.11 Å². The van der Waals surface area contributed by atoms with Gasteiger partial charge < -0.3 is 15.2 Å². The second-order valence-corrected chi connectivity index (χ2v) is 9.15. The van der Waals surface area contributed by atoms with Gasteiger partial charge in [-0.25, -0.2) is 4.68 Å². The lowest BCUT2D eigenvalue weighted by Crippen LogP contribution is -2.54. The number of aromatic nitrogens is 2. The molecular formula is C22H31N3O4. The Bertz CT molecular complexity index is 983. The summed E-state index contributed by atoms with van der Waals surface area (Å²) >= 11 is 0. The predicted octanol–water partition coefficient (Wildman–Crippen LogP) is 2.43. The predicted molar refractivity (Wildman–Crippen MR) is 112 cm³/mol. The molecule has 7 heteroatoms. The van der Waals surface area contributed by atoms with E-state index < -0.39 is 11.2 Å². The molecule has 29 heavy (non-hydrogen) atoms. The molecule has 2 N–H and O–H groups in total. The summed E-state index contributed by atoms with van der Waals surface area (Å²) in [6.45, 7) is 9.58. The molecular weight excluding hydrogens is 370 g/mol. The number of rotatable bonds is 6. The van der Waals surface area contributed by atoms with Gasteiger partial charge in [0.2, 0.25) is 5.91 Å². The molecule has 7 nitrogen and oxygen atoms in total. The highest BCUT2D eigenvalue weighted by atomic mass is 16.5. The Morgan fingerprint density at radius 3 is 2.59 bits per heavy atom. The maximum Gasteiger partial charge on any atom is 0.275 e. The van der Waals surface area contributed by atoms with Gasteiger partial charge in [0, 0.05) is 18.5 Å². The van der Waals surface area contributed by atoms with E-state index in [4.69, 9.17) is 4.74 Å². The molecule has 1 aromatic carbocycles. The van der Waals surface area contributed by atoms with Crippen molar-refractivity contribution in [3.8, 4) is 0 Å². The van der Waals surface area contributed by atoms with Crippen LogP contribution in [0.5, 0.6) is 0 Å². The number of aliphatic hydroxyl groups is 1. The van der Waals surface area contributed by atoms with Gasteiger partial charge >= 0.3 is 0 Å². The number of benzene rings is 1. The first kappa shape index (κ1) is 21.5. The summed E-state index contributed by atoms with van der Waals surface area (Å²) in [7, 11) is 1.66. The van der Waals surface area contributed by atoms with Crippen LogP contribution in [0.3, 0.4) is 0 Å². The zero-order valence-electron chi connectivity index (χ0n) is 18.1. The maximum atomic E-state index is 13.0. The molecule has 158 valence electrons. The van der Waals surface area contributed by atoms with Gasteiger partial charge in [-0.05, 0) is 57.2 Å². The Labute approximate surface area is 171 Å². The molecule has 3 rings (SSSR count). The zero-order valence-corrected chi connectivity index (χ0v) is 18.1. The van der Waals surface area contributed by atoms with Crippen LogP contribution >= 0.6 is 0 Å². The highest BCUT2D eigenvalue weighted by Crippen LogP contribution is 2.31. The van der Waals surface area contributed by atoms with Gasteiger partial charge in [-0.15, -0.1) is 0 Å². The average Bonchev–Trinajstić information content (AvgIpc) is 2.61. The van der Waals surface area contributed by atoms with Gasteiger partial charge in [-0.1, -0.05) is 19.9 Å². The minimum atomic E-state index is -0.714. The van der Waals surface area contributed by atoms with Crippen molar-refractivity contribution < 1.29 is 14.6 Å². The Morgan fingerprint density at radius 2 is 2.03 bits per heavy atom. The topological polar surface area (TPSA) is 93.5 Å². The quantitative estimate of drug-likeness (QED) is 0.775. The van der Waals surface area contributed by atoms with Gasteiger partial charge in [0.15, 0.2) is 0 Å². The van der Waals surface area contributed by atoms with E-state index in [2.05, 4.69) is 10.4 Å². The van der Waals surface area contributed by atoms with Crippen molar-refractivity contribution in [2.24, 2.45) is 0 Å². The third-order valence-corrected chi connectivity index (χ3v) is 5.77. The lowest BCUT2D eigenvalue weighted by molar-refractivity contribution is -0.125. The first-order valence-corrected chi connectivity index (χ1v) is 10.1. The molecule has 1 saturated carbocycles. The van der Waals surface area contributed by atoms with Crippen LogP contribution in [0.2, 0.25) is 0 Å².